The smallest absolute Gasteiger partial charge is 0.243 e. The van der Waals surface area contributed by atoms with Gasteiger partial charge in [0.2, 0.25) is 10.0 Å². The number of rotatable bonds is 5. The van der Waals surface area contributed by atoms with Gasteiger partial charge in [0.15, 0.2) is 0 Å². The molecule has 0 radical (unpaired) electrons. The fourth-order valence-corrected chi connectivity index (χ4v) is 4.31. The number of nitrogens with one attached hydrogen (secondary N) is 1. The monoisotopic (exact) mass is 314 g/mol. The Morgan fingerprint density at radius 1 is 1.43 bits per heavy atom. The molecule has 1 aliphatic rings. The molecule has 1 N–H and O–H groups in total. The van der Waals surface area contributed by atoms with Crippen LogP contribution in [0.3, 0.4) is 0 Å². The van der Waals surface area contributed by atoms with E-state index in [1.54, 1.807) is 0 Å². The van der Waals surface area contributed by atoms with Crippen LogP contribution in [0.25, 0.3) is 0 Å². The van der Waals surface area contributed by atoms with Gasteiger partial charge in [-0.1, -0.05) is 13.8 Å². The van der Waals surface area contributed by atoms with Crippen LogP contribution in [0.15, 0.2) is 23.1 Å². The van der Waals surface area contributed by atoms with Crippen LogP contribution in [-0.2, 0) is 16.6 Å². The molecule has 21 heavy (non-hydrogen) atoms. The molecule has 6 heteroatoms. The largest absolute Gasteiger partial charge is 0.310 e. The third-order valence-electron chi connectivity index (χ3n) is 3.82. The average Bonchev–Trinajstić information content (AvgIpc) is 2.84. The zero-order valence-electron chi connectivity index (χ0n) is 12.8. The van der Waals surface area contributed by atoms with Crippen LogP contribution in [0, 0.1) is 5.82 Å². The zero-order valence-corrected chi connectivity index (χ0v) is 13.6. The van der Waals surface area contributed by atoms with Crippen molar-refractivity contribution in [2.45, 2.75) is 57.1 Å². The van der Waals surface area contributed by atoms with Crippen LogP contribution in [0.1, 0.15) is 39.2 Å². The van der Waals surface area contributed by atoms with Crippen molar-refractivity contribution in [3.63, 3.8) is 0 Å². The standard InChI is InChI=1S/C15H23FN2O2S/c1-11(2)17-10-13-9-14(6-7-15(13)16)21(19,20)18-8-4-5-12(18)3/h6-7,9,11-12,17H,4-5,8,10H2,1-3H3. The number of sulfonamides is 1. The Bertz CT molecular complexity index is 602. The van der Waals surface area contributed by atoms with Crippen LogP contribution in [0.2, 0.25) is 0 Å². The summed E-state index contributed by atoms with van der Waals surface area (Å²) in [5, 5.41) is 3.11. The van der Waals surface area contributed by atoms with Crippen LogP contribution in [0.4, 0.5) is 4.39 Å². The Labute approximate surface area is 126 Å². The van der Waals surface area contributed by atoms with Crippen LogP contribution < -0.4 is 5.32 Å². The molecule has 1 atom stereocenters. The van der Waals surface area contributed by atoms with E-state index < -0.39 is 10.0 Å². The van der Waals surface area contributed by atoms with Crippen molar-refractivity contribution in [1.29, 1.82) is 0 Å². The van der Waals surface area contributed by atoms with Crippen LogP contribution in [-0.4, -0.2) is 31.4 Å². The number of benzene rings is 1. The van der Waals surface area contributed by atoms with Crippen LogP contribution in [0.5, 0.6) is 0 Å². The van der Waals surface area contributed by atoms with E-state index in [1.807, 2.05) is 20.8 Å². The number of nitrogens with zero attached hydrogens (tertiary/aromatic N) is 1. The maximum absolute atomic E-state index is 13.8. The highest BCUT2D eigenvalue weighted by molar-refractivity contribution is 7.89. The lowest BCUT2D eigenvalue weighted by Crippen LogP contribution is -2.33. The first-order valence-corrected chi connectivity index (χ1v) is 8.80. The molecule has 2 rings (SSSR count). The van der Waals surface area contributed by atoms with Gasteiger partial charge in [-0.3, -0.25) is 0 Å². The molecule has 1 saturated heterocycles. The summed E-state index contributed by atoms with van der Waals surface area (Å²) in [5.41, 5.74) is 0.386. The molecule has 1 heterocycles. The third kappa shape index (κ3) is 3.62. The van der Waals surface area contributed by atoms with Gasteiger partial charge in [-0.25, -0.2) is 12.8 Å². The van der Waals surface area contributed by atoms with Gasteiger partial charge in [-0.15, -0.1) is 0 Å². The molecule has 1 aromatic carbocycles. The summed E-state index contributed by atoms with van der Waals surface area (Å²) in [6.07, 6.45) is 1.76. The SMILES string of the molecule is CC(C)NCc1cc(S(=O)(=O)N2CCCC2C)ccc1F. The van der Waals surface area contributed by atoms with Gasteiger partial charge in [0.1, 0.15) is 5.82 Å². The van der Waals surface area contributed by atoms with Gasteiger partial charge in [-0.05, 0) is 38.0 Å². The Morgan fingerprint density at radius 3 is 2.71 bits per heavy atom. The Balaban J connectivity index is 2.29. The van der Waals surface area contributed by atoms with E-state index in [-0.39, 0.29) is 22.8 Å². The van der Waals surface area contributed by atoms with Gasteiger partial charge >= 0.3 is 0 Å². The molecular weight excluding hydrogens is 291 g/mol. The molecule has 0 aliphatic carbocycles. The molecule has 0 bridgehead atoms. The molecule has 0 spiro atoms. The van der Waals surface area contributed by atoms with Crippen molar-refractivity contribution < 1.29 is 12.8 Å². The number of hydrogen-bond acceptors (Lipinski definition) is 3. The first-order valence-electron chi connectivity index (χ1n) is 7.36. The molecule has 1 aromatic rings. The van der Waals surface area contributed by atoms with E-state index in [2.05, 4.69) is 5.32 Å². The molecule has 1 fully saturated rings. The predicted molar refractivity (Wildman–Crippen MR) is 81.0 cm³/mol. The third-order valence-corrected chi connectivity index (χ3v) is 5.83. The summed E-state index contributed by atoms with van der Waals surface area (Å²) >= 11 is 0. The average molecular weight is 314 g/mol. The summed E-state index contributed by atoms with van der Waals surface area (Å²) in [7, 11) is -3.53. The quantitative estimate of drug-likeness (QED) is 0.908. The normalized spacial score (nSPS) is 20.3. The van der Waals surface area contributed by atoms with Crippen molar-refractivity contribution in [2.75, 3.05) is 6.54 Å². The van der Waals surface area contributed by atoms with Gasteiger partial charge in [0, 0.05) is 30.7 Å². The molecule has 4 nitrogen and oxygen atoms in total. The number of hydrogen-bond donors (Lipinski definition) is 1. The van der Waals surface area contributed by atoms with Crippen molar-refractivity contribution in [3.05, 3.63) is 29.6 Å². The van der Waals surface area contributed by atoms with Gasteiger partial charge in [0.25, 0.3) is 0 Å². The molecule has 1 unspecified atom stereocenters. The highest BCUT2D eigenvalue weighted by atomic mass is 32.2. The van der Waals surface area contributed by atoms with Gasteiger partial charge < -0.3 is 5.32 Å². The van der Waals surface area contributed by atoms with Gasteiger partial charge in [-0.2, -0.15) is 4.31 Å². The Hall–Kier alpha value is -0.980. The summed E-state index contributed by atoms with van der Waals surface area (Å²) in [5.74, 6) is -0.378. The van der Waals surface area contributed by atoms with E-state index in [0.29, 0.717) is 18.7 Å². The summed E-state index contributed by atoms with van der Waals surface area (Å²) in [6, 6.07) is 4.27. The van der Waals surface area contributed by atoms with E-state index in [9.17, 15) is 12.8 Å². The Morgan fingerprint density at radius 2 is 2.14 bits per heavy atom. The van der Waals surface area contributed by atoms with E-state index in [1.165, 1.54) is 22.5 Å². The summed E-state index contributed by atoms with van der Waals surface area (Å²) in [6.45, 7) is 6.70. The van der Waals surface area contributed by atoms with E-state index in [4.69, 9.17) is 0 Å². The van der Waals surface area contributed by atoms with Crippen molar-refractivity contribution in [1.82, 2.24) is 9.62 Å². The molecule has 0 saturated carbocycles. The lowest BCUT2D eigenvalue weighted by Gasteiger charge is -2.21. The van der Waals surface area contributed by atoms with Crippen molar-refractivity contribution in [2.24, 2.45) is 0 Å². The zero-order chi connectivity index (χ0) is 15.6. The number of halogens is 1. The minimum atomic E-state index is -3.53. The Kier molecular flexibility index (Phi) is 5.01. The molecular formula is C15H23FN2O2S. The topological polar surface area (TPSA) is 49.4 Å². The van der Waals surface area contributed by atoms with Gasteiger partial charge in [0.05, 0.1) is 4.90 Å². The second-order valence-corrected chi connectivity index (χ2v) is 7.79. The molecule has 0 aromatic heterocycles. The second kappa shape index (κ2) is 6.42. The van der Waals surface area contributed by atoms with Crippen molar-refractivity contribution >= 4 is 10.0 Å². The van der Waals surface area contributed by atoms with Crippen LogP contribution >= 0.6 is 0 Å². The summed E-state index contributed by atoms with van der Waals surface area (Å²) < 4.78 is 40.6. The molecule has 0 amide bonds. The summed E-state index contributed by atoms with van der Waals surface area (Å²) in [4.78, 5) is 0.179. The first-order chi connectivity index (χ1) is 9.82. The fraction of sp³-hybridized carbons (Fsp3) is 0.600. The fourth-order valence-electron chi connectivity index (χ4n) is 2.56. The van der Waals surface area contributed by atoms with E-state index >= 15 is 0 Å². The first kappa shape index (κ1) is 16.4. The molecule has 1 aliphatic heterocycles. The lowest BCUT2D eigenvalue weighted by atomic mass is 10.2. The predicted octanol–water partition coefficient (Wildman–Crippen LogP) is 2.50. The second-order valence-electron chi connectivity index (χ2n) is 5.90. The minimum Gasteiger partial charge on any atom is -0.310 e. The highest BCUT2D eigenvalue weighted by Crippen LogP contribution is 2.26. The maximum Gasteiger partial charge on any atom is 0.243 e. The highest BCUT2D eigenvalue weighted by Gasteiger charge is 2.32. The molecule has 118 valence electrons. The van der Waals surface area contributed by atoms with E-state index in [0.717, 1.165) is 12.8 Å². The lowest BCUT2D eigenvalue weighted by molar-refractivity contribution is 0.408. The maximum atomic E-state index is 13.8. The van der Waals surface area contributed by atoms with Crippen molar-refractivity contribution in [3.8, 4) is 0 Å². The minimum absolute atomic E-state index is 0.0114.